The second-order valence-corrected chi connectivity index (χ2v) is 7.00. The molecule has 1 nitrogen and oxygen atoms in total. The number of aryl methyl sites for hydroxylation is 2. The second-order valence-electron chi connectivity index (χ2n) is 6.15. The van der Waals surface area contributed by atoms with E-state index in [0.717, 1.165) is 13.1 Å². The van der Waals surface area contributed by atoms with E-state index < -0.39 is 0 Å². The maximum absolute atomic E-state index is 3.73. The van der Waals surface area contributed by atoms with Gasteiger partial charge in [0.05, 0.1) is 0 Å². The van der Waals surface area contributed by atoms with Crippen LogP contribution in [0.15, 0.2) is 46.9 Å². The Morgan fingerprint density at radius 2 is 1.71 bits per heavy atom. The average Bonchev–Trinajstić information content (AvgIpc) is 2.47. The summed E-state index contributed by atoms with van der Waals surface area (Å²) in [5.74, 6) is 1.14. The van der Waals surface area contributed by atoms with E-state index in [1.807, 2.05) is 0 Å². The molecule has 1 aliphatic heterocycles. The molecule has 21 heavy (non-hydrogen) atoms. The van der Waals surface area contributed by atoms with Gasteiger partial charge in [-0.3, -0.25) is 0 Å². The van der Waals surface area contributed by atoms with E-state index in [0.29, 0.717) is 11.8 Å². The number of piperidine rings is 1. The van der Waals surface area contributed by atoms with Gasteiger partial charge in [-0.05, 0) is 49.9 Å². The Bertz CT molecular complexity index is 615. The highest BCUT2D eigenvalue weighted by atomic mass is 79.9. The van der Waals surface area contributed by atoms with Crippen molar-refractivity contribution in [2.24, 2.45) is 0 Å². The Morgan fingerprint density at radius 1 is 1.00 bits per heavy atom. The Kier molecular flexibility index (Phi) is 4.46. The largest absolute Gasteiger partial charge is 0.316 e. The van der Waals surface area contributed by atoms with Crippen molar-refractivity contribution in [3.63, 3.8) is 0 Å². The van der Waals surface area contributed by atoms with Crippen LogP contribution in [0.1, 0.15) is 40.5 Å². The van der Waals surface area contributed by atoms with Crippen LogP contribution in [-0.4, -0.2) is 13.1 Å². The van der Waals surface area contributed by atoms with Gasteiger partial charge >= 0.3 is 0 Å². The Labute approximate surface area is 135 Å². The van der Waals surface area contributed by atoms with Crippen molar-refractivity contribution < 1.29 is 0 Å². The highest BCUT2D eigenvalue weighted by molar-refractivity contribution is 9.10. The number of hydrogen-bond donors (Lipinski definition) is 1. The van der Waals surface area contributed by atoms with Gasteiger partial charge in [-0.15, -0.1) is 0 Å². The monoisotopic (exact) mass is 343 g/mol. The summed E-state index contributed by atoms with van der Waals surface area (Å²) in [6.45, 7) is 6.56. The van der Waals surface area contributed by atoms with Crippen molar-refractivity contribution in [1.82, 2.24) is 5.32 Å². The molecule has 2 aromatic carbocycles. The number of hydrogen-bond acceptors (Lipinski definition) is 1. The molecule has 2 atom stereocenters. The molecular formula is C19H22BrN. The molecule has 0 amide bonds. The van der Waals surface area contributed by atoms with Crippen molar-refractivity contribution in [2.75, 3.05) is 13.1 Å². The highest BCUT2D eigenvalue weighted by Crippen LogP contribution is 2.40. The zero-order valence-electron chi connectivity index (χ0n) is 12.7. The molecule has 110 valence electrons. The van der Waals surface area contributed by atoms with E-state index in [4.69, 9.17) is 0 Å². The van der Waals surface area contributed by atoms with Gasteiger partial charge in [0, 0.05) is 16.9 Å². The van der Waals surface area contributed by atoms with Crippen molar-refractivity contribution in [2.45, 2.75) is 32.1 Å². The van der Waals surface area contributed by atoms with Crippen LogP contribution in [0.4, 0.5) is 0 Å². The average molecular weight is 344 g/mol. The molecule has 0 radical (unpaired) electrons. The van der Waals surface area contributed by atoms with Crippen molar-refractivity contribution >= 4 is 15.9 Å². The van der Waals surface area contributed by atoms with E-state index in [1.165, 1.54) is 33.1 Å². The molecule has 1 heterocycles. The predicted molar refractivity (Wildman–Crippen MR) is 93.0 cm³/mol. The van der Waals surface area contributed by atoms with Gasteiger partial charge in [0.2, 0.25) is 0 Å². The Hall–Kier alpha value is -1.12. The third kappa shape index (κ3) is 3.22. The zero-order chi connectivity index (χ0) is 14.8. The summed E-state index contributed by atoms with van der Waals surface area (Å²) in [7, 11) is 0. The topological polar surface area (TPSA) is 12.0 Å². The van der Waals surface area contributed by atoms with Crippen molar-refractivity contribution in [3.05, 3.63) is 69.2 Å². The van der Waals surface area contributed by atoms with Crippen LogP contribution in [0.25, 0.3) is 0 Å². The van der Waals surface area contributed by atoms with Gasteiger partial charge in [0.25, 0.3) is 0 Å². The van der Waals surface area contributed by atoms with E-state index in [9.17, 15) is 0 Å². The maximum atomic E-state index is 3.73. The summed E-state index contributed by atoms with van der Waals surface area (Å²) in [5.41, 5.74) is 5.66. The van der Waals surface area contributed by atoms with Crippen molar-refractivity contribution in [3.8, 4) is 0 Å². The molecule has 1 saturated heterocycles. The molecule has 0 saturated carbocycles. The number of benzene rings is 2. The van der Waals surface area contributed by atoms with Crippen LogP contribution in [0, 0.1) is 13.8 Å². The van der Waals surface area contributed by atoms with Gasteiger partial charge in [-0.25, -0.2) is 0 Å². The minimum absolute atomic E-state index is 0.538. The second kappa shape index (κ2) is 6.33. The molecule has 2 heteroatoms. The highest BCUT2D eigenvalue weighted by Gasteiger charge is 2.29. The lowest BCUT2D eigenvalue weighted by Crippen LogP contribution is -2.34. The van der Waals surface area contributed by atoms with E-state index in [1.54, 1.807) is 0 Å². The number of nitrogens with one attached hydrogen (secondary N) is 1. The van der Waals surface area contributed by atoms with Crippen LogP contribution in [-0.2, 0) is 0 Å². The van der Waals surface area contributed by atoms with Gasteiger partial charge in [-0.1, -0.05) is 63.5 Å². The molecule has 1 aliphatic rings. The zero-order valence-corrected chi connectivity index (χ0v) is 14.3. The summed E-state index contributed by atoms with van der Waals surface area (Å²) in [4.78, 5) is 0. The first kappa shape index (κ1) is 14.8. The summed E-state index contributed by atoms with van der Waals surface area (Å²) >= 11 is 3.73. The molecule has 2 unspecified atom stereocenters. The molecular weight excluding hydrogens is 322 g/mol. The molecule has 1 N–H and O–H groups in total. The fraction of sp³-hybridized carbons (Fsp3) is 0.368. The fourth-order valence-corrected chi connectivity index (χ4v) is 4.16. The molecule has 0 aliphatic carbocycles. The van der Waals surface area contributed by atoms with Crippen LogP contribution in [0.5, 0.6) is 0 Å². The minimum atomic E-state index is 0.538. The van der Waals surface area contributed by atoms with Gasteiger partial charge in [0.15, 0.2) is 0 Å². The lowest BCUT2D eigenvalue weighted by molar-refractivity contribution is 0.403. The van der Waals surface area contributed by atoms with Crippen LogP contribution in [0.2, 0.25) is 0 Å². The first-order valence-corrected chi connectivity index (χ1v) is 8.48. The Morgan fingerprint density at radius 3 is 2.43 bits per heavy atom. The predicted octanol–water partition coefficient (Wildman–Crippen LogP) is 4.93. The van der Waals surface area contributed by atoms with Crippen LogP contribution in [0.3, 0.4) is 0 Å². The molecule has 1 fully saturated rings. The van der Waals surface area contributed by atoms with E-state index in [-0.39, 0.29) is 0 Å². The SMILES string of the molecule is Cc1cc(C)cc(C2CCNCC2c2ccccc2Br)c1. The first-order valence-electron chi connectivity index (χ1n) is 7.68. The number of halogens is 1. The standard InChI is InChI=1S/C19H22BrN/c1-13-9-14(2)11-15(10-13)16-7-8-21-12-18(16)17-5-3-4-6-19(17)20/h3-6,9-11,16,18,21H,7-8,12H2,1-2H3. The quantitative estimate of drug-likeness (QED) is 0.815. The lowest BCUT2D eigenvalue weighted by Gasteiger charge is -2.34. The Balaban J connectivity index is 2.00. The summed E-state index contributed by atoms with van der Waals surface area (Å²) < 4.78 is 1.23. The van der Waals surface area contributed by atoms with Crippen LogP contribution < -0.4 is 5.32 Å². The third-order valence-corrected chi connectivity index (χ3v) is 5.18. The van der Waals surface area contributed by atoms with Crippen LogP contribution >= 0.6 is 15.9 Å². The van der Waals surface area contributed by atoms with Gasteiger partial charge < -0.3 is 5.32 Å². The molecule has 2 aromatic rings. The lowest BCUT2D eigenvalue weighted by atomic mass is 9.77. The molecule has 0 spiro atoms. The fourth-order valence-electron chi connectivity index (χ4n) is 3.58. The van der Waals surface area contributed by atoms with Gasteiger partial charge in [-0.2, -0.15) is 0 Å². The minimum Gasteiger partial charge on any atom is -0.316 e. The number of rotatable bonds is 2. The molecule has 0 aromatic heterocycles. The first-order chi connectivity index (χ1) is 10.1. The molecule has 0 bridgehead atoms. The summed E-state index contributed by atoms with van der Waals surface area (Å²) in [5, 5.41) is 3.57. The smallest absolute Gasteiger partial charge is 0.0210 e. The van der Waals surface area contributed by atoms with E-state index in [2.05, 4.69) is 77.6 Å². The molecule has 3 rings (SSSR count). The normalized spacial score (nSPS) is 22.2. The van der Waals surface area contributed by atoms with E-state index >= 15 is 0 Å². The summed E-state index contributed by atoms with van der Waals surface area (Å²) in [6.07, 6.45) is 1.20. The van der Waals surface area contributed by atoms with Crippen molar-refractivity contribution in [1.29, 1.82) is 0 Å². The maximum Gasteiger partial charge on any atom is 0.0210 e. The van der Waals surface area contributed by atoms with Gasteiger partial charge in [0.1, 0.15) is 0 Å². The third-order valence-electron chi connectivity index (χ3n) is 4.46. The summed E-state index contributed by atoms with van der Waals surface area (Å²) in [6, 6.07) is 15.7.